The van der Waals surface area contributed by atoms with Crippen LogP contribution in [0.25, 0.3) is 0 Å². The Kier molecular flexibility index (Phi) is 5.35. The zero-order valence-corrected chi connectivity index (χ0v) is 16.9. The van der Waals surface area contributed by atoms with Crippen molar-refractivity contribution in [1.82, 2.24) is 4.90 Å². The molecule has 0 aromatic heterocycles. The summed E-state index contributed by atoms with van der Waals surface area (Å²) in [5.41, 5.74) is 1.38. The molecular weight excluding hydrogens is 425 g/mol. The van der Waals surface area contributed by atoms with E-state index in [0.717, 1.165) is 10.2 Å². The number of hydrogen-bond donors (Lipinski definition) is 0. The van der Waals surface area contributed by atoms with Gasteiger partial charge in [-0.2, -0.15) is 0 Å². The molecule has 4 rings (SSSR count). The van der Waals surface area contributed by atoms with Crippen LogP contribution in [0.4, 0.5) is 15.8 Å². The first-order chi connectivity index (χ1) is 13.5. The Morgan fingerprint density at radius 2 is 1.64 bits per heavy atom. The number of carbonyl (C=O) groups excluding carboxylic acids is 2. The summed E-state index contributed by atoms with van der Waals surface area (Å²) < 4.78 is 14.9. The van der Waals surface area contributed by atoms with Crippen LogP contribution in [-0.2, 0) is 9.59 Å². The topological polar surface area (TPSA) is 43.9 Å². The van der Waals surface area contributed by atoms with Gasteiger partial charge in [0, 0.05) is 42.9 Å². The summed E-state index contributed by atoms with van der Waals surface area (Å²) in [4.78, 5) is 31.1. The highest BCUT2D eigenvalue weighted by Crippen LogP contribution is 2.28. The lowest BCUT2D eigenvalue weighted by Gasteiger charge is -2.37. The van der Waals surface area contributed by atoms with E-state index in [4.69, 9.17) is 0 Å². The third-order valence-electron chi connectivity index (χ3n) is 5.43. The molecule has 2 aliphatic rings. The number of piperazine rings is 1. The van der Waals surface area contributed by atoms with E-state index in [1.807, 2.05) is 35.2 Å². The quantitative estimate of drug-likeness (QED) is 0.680. The molecule has 2 aromatic rings. The van der Waals surface area contributed by atoms with Crippen LogP contribution in [0.1, 0.15) is 6.42 Å². The second kappa shape index (κ2) is 7.91. The van der Waals surface area contributed by atoms with E-state index in [1.54, 1.807) is 21.9 Å². The monoisotopic (exact) mass is 445 g/mol. The Labute approximate surface area is 171 Å². The third-order valence-corrected chi connectivity index (χ3v) is 5.96. The molecule has 0 spiro atoms. The van der Waals surface area contributed by atoms with Gasteiger partial charge in [-0.25, -0.2) is 4.39 Å². The number of para-hydroxylation sites is 1. The fourth-order valence-corrected chi connectivity index (χ4v) is 4.15. The standard InChI is InChI=1S/C21H21BrFN3O2/c22-15-5-7-16(8-6-15)26-10-9-17(21(26)28)20(27)25-13-11-24(12-14-25)19-4-2-1-3-18(19)23/h1-8,17H,9-14H2/t17-/m0/s1. The minimum atomic E-state index is -0.622. The van der Waals surface area contributed by atoms with Gasteiger partial charge in [-0.05, 0) is 42.8 Å². The molecule has 2 saturated heterocycles. The summed E-state index contributed by atoms with van der Waals surface area (Å²) in [6.07, 6.45) is 0.529. The highest BCUT2D eigenvalue weighted by molar-refractivity contribution is 9.10. The van der Waals surface area contributed by atoms with Crippen LogP contribution in [0, 0.1) is 11.7 Å². The molecule has 0 saturated carbocycles. The minimum Gasteiger partial charge on any atom is -0.366 e. The van der Waals surface area contributed by atoms with Crippen molar-refractivity contribution in [3.63, 3.8) is 0 Å². The first-order valence-corrected chi connectivity index (χ1v) is 10.2. The van der Waals surface area contributed by atoms with Gasteiger partial charge in [-0.1, -0.05) is 28.1 Å². The summed E-state index contributed by atoms with van der Waals surface area (Å²) in [5.74, 6) is -1.12. The highest BCUT2D eigenvalue weighted by Gasteiger charge is 2.40. The van der Waals surface area contributed by atoms with E-state index in [0.29, 0.717) is 44.8 Å². The largest absolute Gasteiger partial charge is 0.366 e. The Morgan fingerprint density at radius 1 is 0.964 bits per heavy atom. The van der Waals surface area contributed by atoms with Crippen molar-refractivity contribution >= 4 is 39.1 Å². The zero-order valence-electron chi connectivity index (χ0n) is 15.4. The molecule has 2 aliphatic heterocycles. The first-order valence-electron chi connectivity index (χ1n) is 9.40. The lowest BCUT2D eigenvalue weighted by Crippen LogP contribution is -2.51. The lowest BCUT2D eigenvalue weighted by atomic mass is 10.1. The van der Waals surface area contributed by atoms with Crippen molar-refractivity contribution in [1.29, 1.82) is 0 Å². The number of hydrogen-bond acceptors (Lipinski definition) is 3. The molecule has 1 atom stereocenters. The van der Waals surface area contributed by atoms with Crippen LogP contribution >= 0.6 is 15.9 Å². The van der Waals surface area contributed by atoms with Gasteiger partial charge in [0.2, 0.25) is 11.8 Å². The van der Waals surface area contributed by atoms with Gasteiger partial charge in [0.25, 0.3) is 0 Å². The number of halogens is 2. The van der Waals surface area contributed by atoms with Crippen LogP contribution < -0.4 is 9.80 Å². The van der Waals surface area contributed by atoms with Crippen LogP contribution in [0.15, 0.2) is 53.0 Å². The predicted octanol–water partition coefficient (Wildman–Crippen LogP) is 3.29. The molecule has 146 valence electrons. The highest BCUT2D eigenvalue weighted by atomic mass is 79.9. The molecule has 0 radical (unpaired) electrons. The fraction of sp³-hybridized carbons (Fsp3) is 0.333. The number of carbonyl (C=O) groups is 2. The van der Waals surface area contributed by atoms with Gasteiger partial charge >= 0.3 is 0 Å². The molecule has 7 heteroatoms. The van der Waals surface area contributed by atoms with E-state index in [2.05, 4.69) is 15.9 Å². The Balaban J connectivity index is 1.38. The van der Waals surface area contributed by atoms with Gasteiger partial charge in [0.15, 0.2) is 0 Å². The molecule has 0 N–H and O–H groups in total. The Bertz CT molecular complexity index is 881. The molecule has 5 nitrogen and oxygen atoms in total. The molecule has 0 unspecified atom stereocenters. The maximum Gasteiger partial charge on any atom is 0.239 e. The zero-order chi connectivity index (χ0) is 19.7. The summed E-state index contributed by atoms with van der Waals surface area (Å²) in [6, 6.07) is 14.2. The van der Waals surface area contributed by atoms with E-state index < -0.39 is 5.92 Å². The first kappa shape index (κ1) is 18.9. The average molecular weight is 446 g/mol. The number of anilines is 2. The molecule has 28 heavy (non-hydrogen) atoms. The SMILES string of the molecule is O=C([C@@H]1CCN(c2ccc(Br)cc2)C1=O)N1CCN(c2ccccc2F)CC1. The van der Waals surface area contributed by atoms with Crippen LogP contribution in [-0.4, -0.2) is 49.4 Å². The number of amides is 2. The second-order valence-electron chi connectivity index (χ2n) is 7.07. The van der Waals surface area contributed by atoms with E-state index in [1.165, 1.54) is 6.07 Å². The Morgan fingerprint density at radius 3 is 2.32 bits per heavy atom. The number of nitrogens with zero attached hydrogens (tertiary/aromatic N) is 3. The van der Waals surface area contributed by atoms with Gasteiger partial charge < -0.3 is 14.7 Å². The molecule has 2 aromatic carbocycles. The van der Waals surface area contributed by atoms with Crippen LogP contribution in [0.2, 0.25) is 0 Å². The smallest absolute Gasteiger partial charge is 0.239 e. The predicted molar refractivity (Wildman–Crippen MR) is 110 cm³/mol. The maximum atomic E-state index is 14.0. The molecule has 0 bridgehead atoms. The van der Waals surface area contributed by atoms with Crippen molar-refractivity contribution in [2.45, 2.75) is 6.42 Å². The Hall–Kier alpha value is -2.41. The van der Waals surface area contributed by atoms with E-state index in [-0.39, 0.29) is 17.6 Å². The summed E-state index contributed by atoms with van der Waals surface area (Å²) in [7, 11) is 0. The summed E-state index contributed by atoms with van der Waals surface area (Å²) in [5, 5.41) is 0. The van der Waals surface area contributed by atoms with Crippen LogP contribution in [0.5, 0.6) is 0 Å². The average Bonchev–Trinajstić information content (AvgIpc) is 3.10. The van der Waals surface area contributed by atoms with Gasteiger partial charge in [-0.15, -0.1) is 0 Å². The normalized spacial score (nSPS) is 20.0. The van der Waals surface area contributed by atoms with E-state index in [9.17, 15) is 14.0 Å². The number of benzene rings is 2. The van der Waals surface area contributed by atoms with Crippen LogP contribution in [0.3, 0.4) is 0 Å². The summed E-state index contributed by atoms with van der Waals surface area (Å²) in [6.45, 7) is 2.66. The van der Waals surface area contributed by atoms with Crippen molar-refractivity contribution in [2.75, 3.05) is 42.5 Å². The van der Waals surface area contributed by atoms with Crippen molar-refractivity contribution in [3.05, 3.63) is 58.8 Å². The van der Waals surface area contributed by atoms with Gasteiger partial charge in [0.1, 0.15) is 11.7 Å². The van der Waals surface area contributed by atoms with Crippen molar-refractivity contribution < 1.29 is 14.0 Å². The van der Waals surface area contributed by atoms with Crippen molar-refractivity contribution in [2.24, 2.45) is 5.92 Å². The molecule has 0 aliphatic carbocycles. The number of rotatable bonds is 3. The molecule has 2 heterocycles. The molecular formula is C21H21BrFN3O2. The lowest BCUT2D eigenvalue weighted by molar-refractivity contribution is -0.140. The van der Waals surface area contributed by atoms with Crippen molar-refractivity contribution in [3.8, 4) is 0 Å². The fourth-order valence-electron chi connectivity index (χ4n) is 3.88. The maximum absolute atomic E-state index is 14.0. The van der Waals surface area contributed by atoms with Gasteiger partial charge in [-0.3, -0.25) is 9.59 Å². The molecule has 2 fully saturated rings. The molecule has 2 amide bonds. The summed E-state index contributed by atoms with van der Waals surface area (Å²) >= 11 is 3.39. The second-order valence-corrected chi connectivity index (χ2v) is 7.99. The minimum absolute atomic E-state index is 0.113. The van der Waals surface area contributed by atoms with E-state index >= 15 is 0 Å². The third kappa shape index (κ3) is 3.63. The van der Waals surface area contributed by atoms with Gasteiger partial charge in [0.05, 0.1) is 5.69 Å².